The molecule has 266 valence electrons. The second-order valence-corrected chi connectivity index (χ2v) is 12.3. The summed E-state index contributed by atoms with van der Waals surface area (Å²) in [5, 5.41) is 21.1. The first-order valence-electron chi connectivity index (χ1n) is 15.3. The standard InChI is InChI=1S/C31H31F9N6O3/c1-3-22-14-25(45(28-41-43-44(2)42-28)15-16-10-20(30(35,36)37)12-21(11-16)31(38,39)40)23-13-19(29(32,33)34)8-9-24(23)46(22)26(47)17-4-6-18(7-5-17)27(48)49/h8-13,17-18,22,25H,3-7,14-15H2,1-2H3,(H,48,49)/t17?,18?,22-,25?/m1/s1. The SMILES string of the molecule is CC[C@@H]1CC(N(Cc2cc(C(F)(F)F)cc(C(F)(F)F)c2)c2nnn(C)n2)c2cc(C(F)(F)F)ccc2N1C(=O)C1CCC(C(=O)O)CC1. The highest BCUT2D eigenvalue weighted by atomic mass is 19.4. The van der Waals surface area contributed by atoms with E-state index in [1.54, 1.807) is 6.92 Å². The summed E-state index contributed by atoms with van der Waals surface area (Å²) in [6.45, 7) is 1.04. The monoisotopic (exact) mass is 706 g/mol. The van der Waals surface area contributed by atoms with Gasteiger partial charge >= 0.3 is 24.5 Å². The van der Waals surface area contributed by atoms with Gasteiger partial charge < -0.3 is 14.9 Å². The summed E-state index contributed by atoms with van der Waals surface area (Å²) in [5.74, 6) is -2.90. The molecule has 9 nitrogen and oxygen atoms in total. The van der Waals surface area contributed by atoms with Gasteiger partial charge in [0, 0.05) is 24.2 Å². The molecule has 3 aromatic rings. The third-order valence-electron chi connectivity index (χ3n) is 9.10. The van der Waals surface area contributed by atoms with E-state index in [1.165, 1.54) is 16.8 Å². The normalized spacial score (nSPS) is 21.7. The van der Waals surface area contributed by atoms with Crippen LogP contribution in [0.3, 0.4) is 0 Å². The minimum atomic E-state index is -5.15. The Bertz CT molecular complexity index is 1660. The van der Waals surface area contributed by atoms with E-state index in [0.717, 1.165) is 23.0 Å². The topological polar surface area (TPSA) is 104 Å². The minimum Gasteiger partial charge on any atom is -0.481 e. The number of halogens is 9. The molecule has 1 amide bonds. The summed E-state index contributed by atoms with van der Waals surface area (Å²) >= 11 is 0. The minimum absolute atomic E-state index is 0.0273. The predicted octanol–water partition coefficient (Wildman–Crippen LogP) is 7.42. The summed E-state index contributed by atoms with van der Waals surface area (Å²) in [6.07, 6.45) is -14.0. The van der Waals surface area contributed by atoms with E-state index < -0.39 is 83.1 Å². The van der Waals surface area contributed by atoms with Gasteiger partial charge in [-0.25, -0.2) is 0 Å². The first kappa shape index (κ1) is 35.9. The van der Waals surface area contributed by atoms with Crippen LogP contribution in [0.15, 0.2) is 36.4 Å². The van der Waals surface area contributed by atoms with Crippen molar-refractivity contribution >= 4 is 23.5 Å². The summed E-state index contributed by atoms with van der Waals surface area (Å²) in [5.41, 5.74) is -4.70. The van der Waals surface area contributed by atoms with Crippen molar-refractivity contribution < 1.29 is 54.2 Å². The average molecular weight is 707 g/mol. The van der Waals surface area contributed by atoms with Crippen LogP contribution in [0.25, 0.3) is 0 Å². The van der Waals surface area contributed by atoms with Crippen molar-refractivity contribution in [3.63, 3.8) is 0 Å². The van der Waals surface area contributed by atoms with Crippen LogP contribution in [0.1, 0.15) is 79.3 Å². The Morgan fingerprint density at radius 2 is 1.43 bits per heavy atom. The van der Waals surface area contributed by atoms with Crippen LogP contribution in [0.4, 0.5) is 51.1 Å². The van der Waals surface area contributed by atoms with Crippen molar-refractivity contribution in [2.24, 2.45) is 18.9 Å². The number of hydrogen-bond acceptors (Lipinski definition) is 6. The molecule has 0 spiro atoms. The van der Waals surface area contributed by atoms with Crippen LogP contribution in [0.5, 0.6) is 0 Å². The Kier molecular flexibility index (Phi) is 9.64. The second kappa shape index (κ2) is 13.2. The maximum atomic E-state index is 14.1. The first-order chi connectivity index (χ1) is 22.8. The summed E-state index contributed by atoms with van der Waals surface area (Å²) in [4.78, 5) is 29.1. The number of carbonyl (C=O) groups is 2. The molecule has 2 aromatic carbocycles. The first-order valence-corrected chi connectivity index (χ1v) is 15.3. The number of carboxylic acids is 1. The Morgan fingerprint density at radius 3 is 1.92 bits per heavy atom. The fourth-order valence-corrected chi connectivity index (χ4v) is 6.65. The molecular formula is C31H31F9N6O3. The number of rotatable bonds is 7. The van der Waals surface area contributed by atoms with E-state index in [1.807, 2.05) is 0 Å². The molecule has 1 saturated carbocycles. The Morgan fingerprint density at radius 1 is 0.857 bits per heavy atom. The van der Waals surface area contributed by atoms with Gasteiger partial charge in [0.15, 0.2) is 0 Å². The summed E-state index contributed by atoms with van der Waals surface area (Å²) in [7, 11) is 1.35. The van der Waals surface area contributed by atoms with Gasteiger partial charge in [0.1, 0.15) is 0 Å². The highest BCUT2D eigenvalue weighted by Crippen LogP contribution is 2.47. The van der Waals surface area contributed by atoms with Gasteiger partial charge in [0.25, 0.3) is 5.95 Å². The fraction of sp³-hybridized carbons (Fsp3) is 0.516. The molecule has 1 unspecified atom stereocenters. The van der Waals surface area contributed by atoms with E-state index in [-0.39, 0.29) is 61.8 Å². The zero-order valence-corrected chi connectivity index (χ0v) is 26.1. The number of carboxylic acid groups (broad SMARTS) is 1. The largest absolute Gasteiger partial charge is 0.481 e. The van der Waals surface area contributed by atoms with Gasteiger partial charge in [-0.1, -0.05) is 12.0 Å². The summed E-state index contributed by atoms with van der Waals surface area (Å²) in [6, 6.07) is 1.91. The highest BCUT2D eigenvalue weighted by Gasteiger charge is 2.44. The number of alkyl halides is 9. The number of aliphatic carboxylic acids is 1. The average Bonchev–Trinajstić information content (AvgIpc) is 3.46. The molecular weight excluding hydrogens is 675 g/mol. The van der Waals surface area contributed by atoms with Crippen molar-refractivity contribution in [3.05, 3.63) is 64.2 Å². The maximum Gasteiger partial charge on any atom is 0.416 e. The van der Waals surface area contributed by atoms with Crippen molar-refractivity contribution in [1.82, 2.24) is 20.2 Å². The number of aromatic nitrogens is 4. The fourth-order valence-electron chi connectivity index (χ4n) is 6.65. The molecule has 5 rings (SSSR count). The Balaban J connectivity index is 1.64. The molecule has 1 aromatic heterocycles. The molecule has 2 heterocycles. The number of anilines is 2. The summed E-state index contributed by atoms with van der Waals surface area (Å²) < 4.78 is 125. The van der Waals surface area contributed by atoms with Crippen LogP contribution in [-0.4, -0.2) is 43.2 Å². The van der Waals surface area contributed by atoms with Gasteiger partial charge in [0.05, 0.1) is 35.7 Å². The van der Waals surface area contributed by atoms with E-state index in [2.05, 4.69) is 15.4 Å². The van der Waals surface area contributed by atoms with E-state index in [9.17, 15) is 54.2 Å². The molecule has 1 N–H and O–H groups in total. The van der Waals surface area contributed by atoms with Gasteiger partial charge in [-0.3, -0.25) is 9.59 Å². The Hall–Kier alpha value is -4.38. The molecule has 2 aliphatic rings. The van der Waals surface area contributed by atoms with Crippen LogP contribution in [-0.2, 0) is 41.7 Å². The van der Waals surface area contributed by atoms with Crippen LogP contribution >= 0.6 is 0 Å². The molecule has 1 aliphatic carbocycles. The lowest BCUT2D eigenvalue weighted by Gasteiger charge is -2.45. The molecule has 1 aliphatic heterocycles. The van der Waals surface area contributed by atoms with Crippen molar-refractivity contribution in [3.8, 4) is 0 Å². The number of fused-ring (bicyclic) bond motifs is 1. The van der Waals surface area contributed by atoms with Gasteiger partial charge in [-0.15, -0.1) is 5.10 Å². The Labute approximate surface area is 273 Å². The third kappa shape index (κ3) is 7.61. The lowest BCUT2D eigenvalue weighted by molar-refractivity contribution is -0.144. The van der Waals surface area contributed by atoms with Crippen LogP contribution in [0, 0.1) is 11.8 Å². The highest BCUT2D eigenvalue weighted by molar-refractivity contribution is 5.97. The predicted molar refractivity (Wildman–Crippen MR) is 155 cm³/mol. The zero-order chi connectivity index (χ0) is 36.1. The van der Waals surface area contributed by atoms with Crippen molar-refractivity contribution in [2.45, 2.75) is 82.6 Å². The van der Waals surface area contributed by atoms with Crippen molar-refractivity contribution in [1.29, 1.82) is 0 Å². The number of nitrogens with zero attached hydrogens (tertiary/aromatic N) is 6. The maximum absolute atomic E-state index is 14.1. The smallest absolute Gasteiger partial charge is 0.416 e. The molecule has 18 heteroatoms. The number of amides is 1. The molecule has 2 atom stereocenters. The number of carbonyl (C=O) groups excluding carboxylic acids is 1. The van der Waals surface area contributed by atoms with Crippen molar-refractivity contribution in [2.75, 3.05) is 9.80 Å². The number of hydrogen-bond donors (Lipinski definition) is 1. The van der Waals surface area contributed by atoms with Crippen LogP contribution in [0.2, 0.25) is 0 Å². The second-order valence-electron chi connectivity index (χ2n) is 12.3. The van der Waals surface area contributed by atoms with Crippen LogP contribution < -0.4 is 9.80 Å². The van der Waals surface area contributed by atoms with Gasteiger partial charge in [-0.2, -0.15) is 44.3 Å². The van der Waals surface area contributed by atoms with E-state index in [0.29, 0.717) is 12.1 Å². The quantitative estimate of drug-likeness (QED) is 0.255. The van der Waals surface area contributed by atoms with Gasteiger partial charge in [0.2, 0.25) is 5.91 Å². The lowest BCUT2D eigenvalue weighted by atomic mass is 9.80. The molecule has 0 bridgehead atoms. The van der Waals surface area contributed by atoms with E-state index in [4.69, 9.17) is 0 Å². The third-order valence-corrected chi connectivity index (χ3v) is 9.10. The molecule has 0 radical (unpaired) electrons. The van der Waals surface area contributed by atoms with Gasteiger partial charge in [-0.05, 0) is 91.3 Å². The lowest BCUT2D eigenvalue weighted by Crippen LogP contribution is -2.50. The molecule has 0 saturated heterocycles. The number of benzene rings is 2. The zero-order valence-electron chi connectivity index (χ0n) is 26.1. The molecule has 1 fully saturated rings. The number of aryl methyl sites for hydroxylation is 1. The number of tetrazole rings is 1. The molecule has 49 heavy (non-hydrogen) atoms. The van der Waals surface area contributed by atoms with E-state index >= 15 is 0 Å².